The van der Waals surface area contributed by atoms with E-state index < -0.39 is 17.5 Å². The lowest BCUT2D eigenvalue weighted by molar-refractivity contribution is -0.142. The molecule has 0 radical (unpaired) electrons. The van der Waals surface area contributed by atoms with Crippen molar-refractivity contribution in [3.8, 4) is 0 Å². The molecule has 1 N–H and O–H groups in total. The largest absolute Gasteiger partial charge is 0.342 e. The Balaban J connectivity index is 1.77. The molecule has 3 rings (SSSR count). The average Bonchev–Trinajstić information content (AvgIpc) is 3.50. The molecular formula is C37H59N5O4. The van der Waals surface area contributed by atoms with Crippen molar-refractivity contribution in [3.05, 3.63) is 47.5 Å². The van der Waals surface area contributed by atoms with Crippen LogP contribution in [0.4, 0.5) is 0 Å². The van der Waals surface area contributed by atoms with Crippen LogP contribution in [0.15, 0.2) is 42.0 Å². The number of likely N-dealkylation sites (tertiary alicyclic amines) is 2. The number of hydrogen-bond acceptors (Lipinski definition) is 5. The van der Waals surface area contributed by atoms with Gasteiger partial charge in [0.05, 0.1) is 12.1 Å². The molecule has 2 heterocycles. The number of amides is 4. The molecule has 4 amide bonds. The van der Waals surface area contributed by atoms with Crippen molar-refractivity contribution in [1.82, 2.24) is 24.9 Å². The highest BCUT2D eigenvalue weighted by molar-refractivity contribution is 5.97. The molecule has 2 saturated heterocycles. The van der Waals surface area contributed by atoms with Crippen LogP contribution < -0.4 is 5.32 Å². The second-order valence-electron chi connectivity index (χ2n) is 15.0. The molecule has 0 aliphatic carbocycles. The van der Waals surface area contributed by atoms with Crippen molar-refractivity contribution in [3.63, 3.8) is 0 Å². The molecule has 2 fully saturated rings. The monoisotopic (exact) mass is 637 g/mol. The number of nitrogens with zero attached hydrogens (tertiary/aromatic N) is 4. The number of carbonyl (C=O) groups is 4. The summed E-state index contributed by atoms with van der Waals surface area (Å²) < 4.78 is 0. The zero-order valence-electron chi connectivity index (χ0n) is 30.0. The van der Waals surface area contributed by atoms with Crippen molar-refractivity contribution in [1.29, 1.82) is 0 Å². The fraction of sp³-hybridized carbons (Fsp3) is 0.676. The molecule has 1 aromatic rings. The summed E-state index contributed by atoms with van der Waals surface area (Å²) >= 11 is 0. The Kier molecular flexibility index (Phi) is 13.0. The van der Waals surface area contributed by atoms with E-state index in [9.17, 15) is 19.2 Å². The number of hydrogen-bond donors (Lipinski definition) is 1. The quantitative estimate of drug-likeness (QED) is 0.350. The smallest absolute Gasteiger partial charge is 0.249 e. The summed E-state index contributed by atoms with van der Waals surface area (Å²) in [5.41, 5.74) is 1.02. The molecule has 9 nitrogen and oxygen atoms in total. The van der Waals surface area contributed by atoms with E-state index in [0.717, 1.165) is 37.8 Å². The molecule has 0 spiro atoms. The molecule has 0 saturated carbocycles. The standard InChI is InChI=1S/C37H59N5O4/c1-25(2)31(40(10)36(46)32(37(6,7)8)38-33(43)29-19-14-15-21-41(29)26(3)4)23-27(5)34(44)42-22-16-20-30(42)35(45)39(9)24-28-17-12-11-13-18-28/h11-13,17-18,23,25-26,29-32H,14-16,19-22,24H2,1-10H3,(H,38,43)/b27-23+/t29?,30?,31-,32?/m1/s1. The van der Waals surface area contributed by atoms with E-state index in [4.69, 9.17) is 0 Å². The van der Waals surface area contributed by atoms with Gasteiger partial charge in [0, 0.05) is 38.8 Å². The highest BCUT2D eigenvalue weighted by atomic mass is 16.2. The van der Waals surface area contributed by atoms with E-state index in [0.29, 0.717) is 25.1 Å². The van der Waals surface area contributed by atoms with Crippen molar-refractivity contribution in [2.75, 3.05) is 27.2 Å². The van der Waals surface area contributed by atoms with Gasteiger partial charge in [0.1, 0.15) is 12.1 Å². The molecule has 0 bridgehead atoms. The fourth-order valence-corrected chi connectivity index (χ4v) is 6.85. The maximum absolute atomic E-state index is 14.2. The maximum Gasteiger partial charge on any atom is 0.249 e. The van der Waals surface area contributed by atoms with E-state index in [2.05, 4.69) is 24.1 Å². The molecule has 0 aromatic heterocycles. The first-order valence-corrected chi connectivity index (χ1v) is 17.2. The van der Waals surface area contributed by atoms with E-state index in [1.54, 1.807) is 35.7 Å². The van der Waals surface area contributed by atoms with Crippen LogP contribution in [0, 0.1) is 11.3 Å². The number of benzene rings is 1. The van der Waals surface area contributed by atoms with Gasteiger partial charge in [-0.3, -0.25) is 24.1 Å². The third kappa shape index (κ3) is 9.20. The minimum atomic E-state index is -0.729. The molecule has 2 aliphatic rings. The molecule has 3 unspecified atom stereocenters. The Labute approximate surface area is 277 Å². The fourth-order valence-electron chi connectivity index (χ4n) is 6.85. The third-order valence-electron chi connectivity index (χ3n) is 9.58. The summed E-state index contributed by atoms with van der Waals surface area (Å²) in [5, 5.41) is 3.14. The molecule has 2 aliphatic heterocycles. The summed E-state index contributed by atoms with van der Waals surface area (Å²) in [6, 6.07) is 8.22. The average molecular weight is 638 g/mol. The number of likely N-dealkylation sites (N-methyl/N-ethyl adjacent to an activating group) is 2. The van der Waals surface area contributed by atoms with Gasteiger partial charge in [-0.2, -0.15) is 0 Å². The summed E-state index contributed by atoms with van der Waals surface area (Å²) in [7, 11) is 3.54. The topological polar surface area (TPSA) is 93.3 Å². The summed E-state index contributed by atoms with van der Waals surface area (Å²) in [4.78, 5) is 62.4. The molecule has 4 atom stereocenters. The molecular weight excluding hydrogens is 578 g/mol. The molecule has 256 valence electrons. The lowest BCUT2D eigenvalue weighted by atomic mass is 9.84. The Hall–Kier alpha value is -3.20. The van der Waals surface area contributed by atoms with Gasteiger partial charge in [-0.15, -0.1) is 0 Å². The second kappa shape index (κ2) is 16.1. The minimum absolute atomic E-state index is 0.0100. The van der Waals surface area contributed by atoms with Gasteiger partial charge in [0.2, 0.25) is 23.6 Å². The van der Waals surface area contributed by atoms with Crippen molar-refractivity contribution < 1.29 is 19.2 Å². The van der Waals surface area contributed by atoms with E-state index in [-0.39, 0.29) is 47.7 Å². The molecule has 46 heavy (non-hydrogen) atoms. The highest BCUT2D eigenvalue weighted by Crippen LogP contribution is 2.27. The zero-order valence-corrected chi connectivity index (χ0v) is 30.0. The van der Waals surface area contributed by atoms with Gasteiger partial charge in [0.15, 0.2) is 0 Å². The Morgan fingerprint density at radius 2 is 1.57 bits per heavy atom. The maximum atomic E-state index is 14.2. The van der Waals surface area contributed by atoms with Gasteiger partial charge in [-0.05, 0) is 69.9 Å². The van der Waals surface area contributed by atoms with Crippen molar-refractivity contribution >= 4 is 23.6 Å². The summed E-state index contributed by atoms with van der Waals surface area (Å²) in [6.07, 6.45) is 6.11. The van der Waals surface area contributed by atoms with Gasteiger partial charge < -0.3 is 20.0 Å². The van der Waals surface area contributed by atoms with Gasteiger partial charge in [0.25, 0.3) is 0 Å². The van der Waals surface area contributed by atoms with Gasteiger partial charge in [-0.25, -0.2) is 0 Å². The van der Waals surface area contributed by atoms with E-state index >= 15 is 0 Å². The highest BCUT2D eigenvalue weighted by Gasteiger charge is 2.40. The summed E-state index contributed by atoms with van der Waals surface area (Å²) in [6.45, 7) is 17.8. The Morgan fingerprint density at radius 3 is 2.15 bits per heavy atom. The van der Waals surface area contributed by atoms with Crippen molar-refractivity contribution in [2.24, 2.45) is 11.3 Å². The number of rotatable bonds is 11. The number of piperidine rings is 1. The van der Waals surface area contributed by atoms with E-state index in [1.165, 1.54) is 0 Å². The SMILES string of the molecule is C/C(=C\[C@H](C(C)C)N(C)C(=O)C(NC(=O)C1CCCCN1C(C)C)C(C)(C)C)C(=O)N1CCCC1C(=O)N(C)Cc1ccccc1. The first-order chi connectivity index (χ1) is 21.5. The third-order valence-corrected chi connectivity index (χ3v) is 9.58. The normalized spacial score (nSPS) is 20.9. The van der Waals surface area contributed by atoms with Crippen LogP contribution in [0.5, 0.6) is 0 Å². The predicted octanol–water partition coefficient (Wildman–Crippen LogP) is 4.86. The van der Waals surface area contributed by atoms with Crippen LogP contribution in [-0.2, 0) is 25.7 Å². The van der Waals surface area contributed by atoms with E-state index in [1.807, 2.05) is 71.0 Å². The van der Waals surface area contributed by atoms with Gasteiger partial charge >= 0.3 is 0 Å². The van der Waals surface area contributed by atoms with Crippen LogP contribution in [0.3, 0.4) is 0 Å². The van der Waals surface area contributed by atoms with Gasteiger partial charge in [-0.1, -0.05) is 77.4 Å². The van der Waals surface area contributed by atoms with Crippen LogP contribution >= 0.6 is 0 Å². The Morgan fingerprint density at radius 1 is 0.935 bits per heavy atom. The van der Waals surface area contributed by atoms with Crippen LogP contribution in [-0.4, -0.2) is 101 Å². The lowest BCUT2D eigenvalue weighted by Gasteiger charge is -2.41. The van der Waals surface area contributed by atoms with Crippen LogP contribution in [0.1, 0.15) is 93.1 Å². The van der Waals surface area contributed by atoms with Crippen molar-refractivity contribution in [2.45, 2.75) is 124 Å². The minimum Gasteiger partial charge on any atom is -0.342 e. The molecule has 1 aromatic carbocycles. The lowest BCUT2D eigenvalue weighted by Crippen LogP contribution is -2.60. The first kappa shape index (κ1) is 37.3. The summed E-state index contributed by atoms with van der Waals surface area (Å²) in [5.74, 6) is -0.509. The Bertz CT molecular complexity index is 1240. The van der Waals surface area contributed by atoms with Crippen LogP contribution in [0.25, 0.3) is 0 Å². The first-order valence-electron chi connectivity index (χ1n) is 17.2. The zero-order chi connectivity index (χ0) is 34.3. The number of nitrogens with one attached hydrogen (secondary N) is 1. The van der Waals surface area contributed by atoms with Crippen LogP contribution in [0.2, 0.25) is 0 Å². The second-order valence-corrected chi connectivity index (χ2v) is 15.0. The predicted molar refractivity (Wildman–Crippen MR) is 184 cm³/mol. The number of carbonyl (C=O) groups excluding carboxylic acids is 4. The molecule has 9 heteroatoms.